The van der Waals surface area contributed by atoms with Gasteiger partial charge in [-0.25, -0.2) is 0 Å². The van der Waals surface area contributed by atoms with E-state index in [-0.39, 0.29) is 0 Å². The van der Waals surface area contributed by atoms with Gasteiger partial charge in [-0.3, -0.25) is 0 Å². The first-order chi connectivity index (χ1) is 21.0. The second-order valence-electron chi connectivity index (χ2n) is 12.3. The van der Waals surface area contributed by atoms with Gasteiger partial charge in [0.05, 0.1) is 0 Å². The number of hydrogen-bond donors (Lipinski definition) is 0. The fourth-order valence-corrected chi connectivity index (χ4v) is 8.47. The zero-order chi connectivity index (χ0) is 31.1. The van der Waals surface area contributed by atoms with Crippen LogP contribution in [0.5, 0.6) is 0 Å². The third-order valence-corrected chi connectivity index (χ3v) is 10.1. The smallest absolute Gasteiger partial charge is 0.101 e. The zero-order valence-electron chi connectivity index (χ0n) is 26.9. The molecule has 4 heteroatoms. The van der Waals surface area contributed by atoms with E-state index in [0.717, 1.165) is 0 Å². The van der Waals surface area contributed by atoms with Gasteiger partial charge in [0, 0.05) is 32.5 Å². The van der Waals surface area contributed by atoms with Crippen molar-refractivity contribution >= 4 is 55.4 Å². The van der Waals surface area contributed by atoms with Gasteiger partial charge in [-0.05, 0) is 173 Å². The Morgan fingerprint density at radius 2 is 0.545 bits per heavy atom. The molecule has 0 radical (unpaired) electrons. The van der Waals surface area contributed by atoms with E-state index in [0.29, 0.717) is 0 Å². The van der Waals surface area contributed by atoms with E-state index < -0.39 is 0 Å². The van der Waals surface area contributed by atoms with Crippen LogP contribution in [0.1, 0.15) is 44.5 Å². The minimum atomic E-state index is 1.20. The van der Waals surface area contributed by atoms with Crippen LogP contribution in [-0.4, -0.2) is 0 Å². The Hall–Kier alpha value is -4.12. The maximum Gasteiger partial charge on any atom is 0.101 e. The molecule has 0 saturated carbocycles. The van der Waals surface area contributed by atoms with E-state index in [9.17, 15) is 0 Å². The van der Waals surface area contributed by atoms with E-state index in [1.165, 1.54) is 87.0 Å². The van der Waals surface area contributed by atoms with E-state index in [1.54, 1.807) is 0 Å². The Morgan fingerprint density at radius 3 is 0.773 bits per heavy atom. The summed E-state index contributed by atoms with van der Waals surface area (Å²) in [6, 6.07) is 36.4. The summed E-state index contributed by atoms with van der Waals surface area (Å²) >= 11 is 3.70. The van der Waals surface area contributed by atoms with Crippen molar-refractivity contribution in [2.75, 3.05) is 9.80 Å². The highest BCUT2D eigenvalue weighted by Gasteiger charge is 2.20. The molecule has 0 aliphatic rings. The third kappa shape index (κ3) is 6.38. The van der Waals surface area contributed by atoms with Crippen LogP contribution >= 0.6 is 22.7 Å². The van der Waals surface area contributed by atoms with E-state index in [4.69, 9.17) is 0 Å². The van der Waals surface area contributed by atoms with Gasteiger partial charge in [-0.15, -0.1) is 22.7 Å². The van der Waals surface area contributed by atoms with Gasteiger partial charge in [0.25, 0.3) is 0 Å². The second kappa shape index (κ2) is 12.1. The first kappa shape index (κ1) is 29.9. The molecule has 2 nitrogen and oxygen atoms in total. The lowest BCUT2D eigenvalue weighted by Gasteiger charge is -2.25. The monoisotopic (exact) mass is 612 g/mol. The van der Waals surface area contributed by atoms with Crippen molar-refractivity contribution in [3.05, 3.63) is 142 Å². The molecule has 0 amide bonds. The third-order valence-electron chi connectivity index (χ3n) is 7.73. The van der Waals surface area contributed by atoms with E-state index in [1.807, 2.05) is 22.7 Å². The summed E-state index contributed by atoms with van der Waals surface area (Å²) in [6.07, 6.45) is 0. The number of nitrogens with zero attached hydrogens (tertiary/aromatic N) is 2. The molecule has 44 heavy (non-hydrogen) atoms. The molecule has 6 aromatic rings. The molecule has 0 atom stereocenters. The van der Waals surface area contributed by atoms with Crippen LogP contribution in [0.25, 0.3) is 9.75 Å². The van der Waals surface area contributed by atoms with Crippen LogP contribution in [0, 0.1) is 55.4 Å². The van der Waals surface area contributed by atoms with Crippen molar-refractivity contribution in [2.45, 2.75) is 55.4 Å². The molecule has 0 aliphatic heterocycles. The molecule has 6 rings (SSSR count). The van der Waals surface area contributed by atoms with Gasteiger partial charge >= 0.3 is 0 Å². The Balaban J connectivity index is 1.43. The fraction of sp³-hybridized carbons (Fsp3) is 0.200. The van der Waals surface area contributed by atoms with Crippen LogP contribution in [0.2, 0.25) is 0 Å². The van der Waals surface area contributed by atoms with Crippen LogP contribution in [0.15, 0.2) is 97.1 Å². The minimum absolute atomic E-state index is 1.20. The lowest BCUT2D eigenvalue weighted by Crippen LogP contribution is -2.09. The molecule has 0 saturated heterocycles. The van der Waals surface area contributed by atoms with Crippen molar-refractivity contribution < 1.29 is 0 Å². The summed E-state index contributed by atoms with van der Waals surface area (Å²) in [6.45, 7) is 17.4. The topological polar surface area (TPSA) is 6.48 Å². The van der Waals surface area contributed by atoms with E-state index >= 15 is 0 Å². The lowest BCUT2D eigenvalue weighted by molar-refractivity contribution is 1.25. The fourth-order valence-electron chi connectivity index (χ4n) is 6.29. The molecule has 4 aromatic carbocycles. The van der Waals surface area contributed by atoms with Crippen molar-refractivity contribution in [3.8, 4) is 9.75 Å². The first-order valence-electron chi connectivity index (χ1n) is 15.2. The maximum atomic E-state index is 2.42. The summed E-state index contributed by atoms with van der Waals surface area (Å²) < 4.78 is 0. The second-order valence-corrected chi connectivity index (χ2v) is 14.5. The van der Waals surface area contributed by atoms with Gasteiger partial charge in [0.15, 0.2) is 0 Å². The van der Waals surface area contributed by atoms with Gasteiger partial charge in [0.1, 0.15) is 10.0 Å². The molecule has 0 fully saturated rings. The highest BCUT2D eigenvalue weighted by atomic mass is 32.1. The maximum absolute atomic E-state index is 2.42. The highest BCUT2D eigenvalue weighted by Crippen LogP contribution is 2.47. The average molecular weight is 613 g/mol. The van der Waals surface area contributed by atoms with Crippen LogP contribution < -0.4 is 9.80 Å². The summed E-state index contributed by atoms with van der Waals surface area (Å²) in [7, 11) is 0. The molecule has 0 aliphatic carbocycles. The predicted molar refractivity (Wildman–Crippen MR) is 195 cm³/mol. The molecule has 0 bridgehead atoms. The quantitative estimate of drug-likeness (QED) is 0.177. The van der Waals surface area contributed by atoms with Gasteiger partial charge in [-0.2, -0.15) is 0 Å². The average Bonchev–Trinajstić information content (AvgIpc) is 3.57. The lowest BCUT2D eigenvalue weighted by atomic mass is 10.1. The van der Waals surface area contributed by atoms with Crippen molar-refractivity contribution in [3.63, 3.8) is 0 Å². The Bertz CT molecular complexity index is 1650. The number of anilines is 6. The molecule has 0 unspecified atom stereocenters. The number of rotatable bonds is 7. The van der Waals surface area contributed by atoms with Crippen LogP contribution in [-0.2, 0) is 0 Å². The molecule has 2 aromatic heterocycles. The summed E-state index contributed by atoms with van der Waals surface area (Å²) in [5.41, 5.74) is 15.0. The number of thiophene rings is 2. The van der Waals surface area contributed by atoms with Gasteiger partial charge < -0.3 is 9.80 Å². The van der Waals surface area contributed by atoms with Crippen molar-refractivity contribution in [1.82, 2.24) is 0 Å². The standard InChI is InChI=1S/C40H40N2S2/c1-25-13-26(2)18-33(17-25)41(34-19-27(3)14-28(4)20-34)39-11-9-37(43-39)38-10-12-40(44-38)42(35-21-29(5)15-30(6)22-35)36-23-31(7)16-32(8)24-36/h9-24H,1-8H3. The Morgan fingerprint density at radius 1 is 0.318 bits per heavy atom. The summed E-state index contributed by atoms with van der Waals surface area (Å²) in [4.78, 5) is 7.38. The molecular weight excluding hydrogens is 573 g/mol. The molecule has 222 valence electrons. The summed E-state index contributed by atoms with van der Waals surface area (Å²) in [5, 5.41) is 2.43. The Kier molecular flexibility index (Phi) is 8.24. The highest BCUT2D eigenvalue weighted by molar-refractivity contribution is 7.26. The largest absolute Gasteiger partial charge is 0.302 e. The van der Waals surface area contributed by atoms with Gasteiger partial charge in [-0.1, -0.05) is 24.3 Å². The van der Waals surface area contributed by atoms with Gasteiger partial charge in [0.2, 0.25) is 0 Å². The van der Waals surface area contributed by atoms with E-state index in [2.05, 4.69) is 162 Å². The molecule has 0 spiro atoms. The normalized spacial score (nSPS) is 11.2. The molecule has 0 N–H and O–H groups in total. The zero-order valence-corrected chi connectivity index (χ0v) is 28.6. The Labute approximate surface area is 270 Å². The molecule has 2 heterocycles. The van der Waals surface area contributed by atoms with Crippen molar-refractivity contribution in [1.29, 1.82) is 0 Å². The van der Waals surface area contributed by atoms with Crippen LogP contribution in [0.3, 0.4) is 0 Å². The minimum Gasteiger partial charge on any atom is -0.302 e. The number of benzene rings is 4. The predicted octanol–water partition coefficient (Wildman–Crippen LogP) is 12.9. The van der Waals surface area contributed by atoms with Crippen molar-refractivity contribution in [2.24, 2.45) is 0 Å². The first-order valence-corrected chi connectivity index (χ1v) is 16.8. The van der Waals surface area contributed by atoms with Crippen LogP contribution in [0.4, 0.5) is 32.8 Å². The summed E-state index contributed by atoms with van der Waals surface area (Å²) in [5.74, 6) is 0. The number of aryl methyl sites for hydroxylation is 8. The SMILES string of the molecule is Cc1cc(C)cc(N(c2cc(C)cc(C)c2)c2ccc(-c3ccc(N(c4cc(C)cc(C)c4)c4cc(C)cc(C)c4)s3)s2)c1. The number of hydrogen-bond acceptors (Lipinski definition) is 4. The molecular formula is C40H40N2S2.